The normalized spacial score (nSPS) is 15.7. The molecule has 1 aromatic carbocycles. The van der Waals surface area contributed by atoms with Crippen LogP contribution in [0.3, 0.4) is 0 Å². The van der Waals surface area contributed by atoms with E-state index in [-0.39, 0.29) is 15.5 Å². The Bertz CT molecular complexity index is 657. The molecule has 8 heteroatoms. The lowest BCUT2D eigenvalue weighted by molar-refractivity contribution is 0.0600. The van der Waals surface area contributed by atoms with Crippen LogP contribution in [-0.4, -0.2) is 52.6 Å². The van der Waals surface area contributed by atoms with Crippen LogP contribution >= 0.6 is 11.6 Å². The second-order valence-corrected chi connectivity index (χ2v) is 7.61. The van der Waals surface area contributed by atoms with Gasteiger partial charge in [-0.3, -0.25) is 0 Å². The Balaban J connectivity index is 1.97. The summed E-state index contributed by atoms with van der Waals surface area (Å²) in [6.07, 6.45) is 3.18. The summed E-state index contributed by atoms with van der Waals surface area (Å²) in [6, 6.07) is 3.99. The molecule has 128 valence electrons. The highest BCUT2D eigenvalue weighted by Gasteiger charge is 2.19. The molecule has 6 nitrogen and oxygen atoms in total. The SMILES string of the molecule is COC(=O)c1cc(S(=O)(=O)NCCCN2CCCC2)ccc1Cl. The fourth-order valence-electron chi connectivity index (χ4n) is 2.54. The van der Waals surface area contributed by atoms with Crippen LogP contribution in [0.1, 0.15) is 29.6 Å². The molecular formula is C15H21ClN2O4S. The number of carbonyl (C=O) groups is 1. The zero-order valence-corrected chi connectivity index (χ0v) is 14.6. The second kappa shape index (κ2) is 8.10. The topological polar surface area (TPSA) is 75.7 Å². The molecule has 1 N–H and O–H groups in total. The van der Waals surface area contributed by atoms with Crippen LogP contribution in [0.15, 0.2) is 23.1 Å². The first kappa shape index (κ1) is 18.2. The highest BCUT2D eigenvalue weighted by Crippen LogP contribution is 2.21. The number of hydrogen-bond donors (Lipinski definition) is 1. The van der Waals surface area contributed by atoms with Gasteiger partial charge >= 0.3 is 5.97 Å². The van der Waals surface area contributed by atoms with E-state index in [9.17, 15) is 13.2 Å². The number of carbonyl (C=O) groups excluding carboxylic acids is 1. The minimum absolute atomic E-state index is 0.00322. The van der Waals surface area contributed by atoms with E-state index < -0.39 is 16.0 Å². The predicted octanol–water partition coefficient (Wildman–Crippen LogP) is 1.89. The van der Waals surface area contributed by atoms with Gasteiger partial charge in [-0.15, -0.1) is 0 Å². The number of benzene rings is 1. The molecular weight excluding hydrogens is 340 g/mol. The van der Waals surface area contributed by atoms with Gasteiger partial charge in [-0.25, -0.2) is 17.9 Å². The largest absolute Gasteiger partial charge is 0.465 e. The van der Waals surface area contributed by atoms with Crippen LogP contribution in [0, 0.1) is 0 Å². The zero-order valence-electron chi connectivity index (χ0n) is 13.0. The first-order chi connectivity index (χ1) is 10.9. The summed E-state index contributed by atoms with van der Waals surface area (Å²) in [5.74, 6) is -0.666. The van der Waals surface area contributed by atoms with Gasteiger partial charge in [0.15, 0.2) is 0 Å². The summed E-state index contributed by atoms with van der Waals surface area (Å²) in [5.41, 5.74) is 0.0362. The van der Waals surface area contributed by atoms with Crippen molar-refractivity contribution >= 4 is 27.6 Å². The summed E-state index contributed by atoms with van der Waals surface area (Å²) < 4.78 is 31.7. The Hall–Kier alpha value is -1.15. The lowest BCUT2D eigenvalue weighted by Crippen LogP contribution is -2.29. The third kappa shape index (κ3) is 4.91. The molecule has 0 amide bonds. The van der Waals surface area contributed by atoms with E-state index in [2.05, 4.69) is 14.4 Å². The molecule has 0 spiro atoms. The van der Waals surface area contributed by atoms with Gasteiger partial charge in [0.25, 0.3) is 0 Å². The summed E-state index contributed by atoms with van der Waals surface area (Å²) in [7, 11) is -2.45. The van der Waals surface area contributed by atoms with Crippen LogP contribution < -0.4 is 4.72 Å². The Kier molecular flexibility index (Phi) is 6.41. The van der Waals surface area contributed by atoms with Crippen molar-refractivity contribution in [1.29, 1.82) is 0 Å². The molecule has 1 aromatic rings. The molecule has 1 heterocycles. The second-order valence-electron chi connectivity index (χ2n) is 5.43. The monoisotopic (exact) mass is 360 g/mol. The van der Waals surface area contributed by atoms with Crippen molar-refractivity contribution in [2.45, 2.75) is 24.2 Å². The number of rotatable bonds is 7. The number of sulfonamides is 1. The standard InChI is InChI=1S/C15H21ClN2O4S/c1-22-15(19)13-11-12(5-6-14(13)16)23(20,21)17-7-4-10-18-8-2-3-9-18/h5-6,11,17H,2-4,7-10H2,1H3. The average molecular weight is 361 g/mol. The number of nitrogens with one attached hydrogen (secondary N) is 1. The average Bonchev–Trinajstić information content (AvgIpc) is 3.04. The number of likely N-dealkylation sites (tertiary alicyclic amines) is 1. The first-order valence-electron chi connectivity index (χ1n) is 7.54. The van der Waals surface area contributed by atoms with Crippen LogP contribution in [0.25, 0.3) is 0 Å². The van der Waals surface area contributed by atoms with E-state index in [0.29, 0.717) is 6.54 Å². The maximum atomic E-state index is 12.3. The summed E-state index contributed by atoms with van der Waals surface area (Å²) >= 11 is 5.90. The smallest absolute Gasteiger partial charge is 0.339 e. The minimum atomic E-state index is -3.67. The van der Waals surface area contributed by atoms with Crippen molar-refractivity contribution < 1.29 is 17.9 Å². The quantitative estimate of drug-likeness (QED) is 0.593. The number of nitrogens with zero attached hydrogens (tertiary/aromatic N) is 1. The molecule has 0 aromatic heterocycles. The third-order valence-corrected chi connectivity index (χ3v) is 5.58. The summed E-state index contributed by atoms with van der Waals surface area (Å²) in [6.45, 7) is 3.42. The molecule has 1 aliphatic rings. The fourth-order valence-corrected chi connectivity index (χ4v) is 3.83. The van der Waals surface area contributed by atoms with E-state index in [0.717, 1.165) is 26.1 Å². The lowest BCUT2D eigenvalue weighted by atomic mass is 10.2. The molecule has 0 atom stereocenters. The Morgan fingerprint density at radius 1 is 1.35 bits per heavy atom. The van der Waals surface area contributed by atoms with Gasteiger partial charge in [0.2, 0.25) is 10.0 Å². The molecule has 0 unspecified atom stereocenters. The lowest BCUT2D eigenvalue weighted by Gasteiger charge is -2.14. The van der Waals surface area contributed by atoms with Gasteiger partial charge < -0.3 is 9.64 Å². The van der Waals surface area contributed by atoms with Crippen molar-refractivity contribution in [1.82, 2.24) is 9.62 Å². The molecule has 0 radical (unpaired) electrons. The van der Waals surface area contributed by atoms with E-state index >= 15 is 0 Å². The molecule has 1 fully saturated rings. The fraction of sp³-hybridized carbons (Fsp3) is 0.533. The van der Waals surface area contributed by atoms with Crippen LogP contribution in [0.5, 0.6) is 0 Å². The Labute approximate surface area is 141 Å². The molecule has 2 rings (SSSR count). The van der Waals surface area contributed by atoms with Crippen LogP contribution in [0.2, 0.25) is 5.02 Å². The maximum Gasteiger partial charge on any atom is 0.339 e. The van der Waals surface area contributed by atoms with Gasteiger partial charge in [0.05, 0.1) is 22.6 Å². The molecule has 1 saturated heterocycles. The van der Waals surface area contributed by atoms with E-state index in [4.69, 9.17) is 11.6 Å². The highest BCUT2D eigenvalue weighted by molar-refractivity contribution is 7.89. The van der Waals surface area contributed by atoms with E-state index in [1.54, 1.807) is 0 Å². The van der Waals surface area contributed by atoms with Crippen molar-refractivity contribution in [3.05, 3.63) is 28.8 Å². The predicted molar refractivity (Wildman–Crippen MR) is 88.3 cm³/mol. The maximum absolute atomic E-state index is 12.3. The first-order valence-corrected chi connectivity index (χ1v) is 9.40. The molecule has 0 bridgehead atoms. The van der Waals surface area contributed by atoms with Gasteiger partial charge in [-0.2, -0.15) is 0 Å². The summed E-state index contributed by atoms with van der Waals surface area (Å²) in [5, 5.41) is 0.157. The third-order valence-electron chi connectivity index (χ3n) is 3.80. The number of methoxy groups -OCH3 is 1. The van der Waals surface area contributed by atoms with Gasteiger partial charge in [0.1, 0.15) is 0 Å². The highest BCUT2D eigenvalue weighted by atomic mass is 35.5. The van der Waals surface area contributed by atoms with Crippen LogP contribution in [0.4, 0.5) is 0 Å². The van der Waals surface area contributed by atoms with Crippen LogP contribution in [-0.2, 0) is 14.8 Å². The Morgan fingerprint density at radius 2 is 2.04 bits per heavy atom. The van der Waals surface area contributed by atoms with Gasteiger partial charge in [-0.1, -0.05) is 11.6 Å². The molecule has 23 heavy (non-hydrogen) atoms. The molecule has 0 aliphatic carbocycles. The van der Waals surface area contributed by atoms with Gasteiger partial charge in [-0.05, 0) is 57.1 Å². The van der Waals surface area contributed by atoms with Gasteiger partial charge in [0, 0.05) is 6.54 Å². The van der Waals surface area contributed by atoms with Crippen molar-refractivity contribution in [2.75, 3.05) is 33.3 Å². The van der Waals surface area contributed by atoms with Crippen molar-refractivity contribution in [3.8, 4) is 0 Å². The van der Waals surface area contributed by atoms with Crippen molar-refractivity contribution in [2.24, 2.45) is 0 Å². The number of ether oxygens (including phenoxy) is 1. The number of halogens is 1. The number of esters is 1. The molecule has 0 saturated carbocycles. The minimum Gasteiger partial charge on any atom is -0.465 e. The zero-order chi connectivity index (χ0) is 16.9. The van der Waals surface area contributed by atoms with E-state index in [1.165, 1.54) is 38.2 Å². The molecule has 1 aliphatic heterocycles. The Morgan fingerprint density at radius 3 is 2.70 bits per heavy atom. The number of hydrogen-bond acceptors (Lipinski definition) is 5. The summed E-state index contributed by atoms with van der Waals surface area (Å²) in [4.78, 5) is 13.9. The van der Waals surface area contributed by atoms with Crippen molar-refractivity contribution in [3.63, 3.8) is 0 Å². The van der Waals surface area contributed by atoms with E-state index in [1.807, 2.05) is 0 Å².